The van der Waals surface area contributed by atoms with Crippen molar-refractivity contribution in [2.75, 3.05) is 0 Å². The first kappa shape index (κ1) is 14.5. The fourth-order valence-electron chi connectivity index (χ4n) is 3.48. The molecule has 0 aliphatic rings. The molecule has 0 spiro atoms. The minimum absolute atomic E-state index is 0.508. The maximum Gasteiger partial charge on any atom is 0.0808 e. The van der Waals surface area contributed by atoms with Crippen LogP contribution in [0.2, 0.25) is 32.7 Å². The summed E-state index contributed by atoms with van der Waals surface area (Å²) >= 11 is 0. The van der Waals surface area contributed by atoms with Crippen LogP contribution in [0.3, 0.4) is 0 Å². The molecule has 0 aliphatic heterocycles. The van der Waals surface area contributed by atoms with Crippen LogP contribution < -0.4 is 10.4 Å². The van der Waals surface area contributed by atoms with Gasteiger partial charge in [0.2, 0.25) is 0 Å². The molecule has 0 N–H and O–H groups in total. The molecule has 0 fully saturated rings. The molecular weight excluding hydrogens is 284 g/mol. The molecule has 3 aromatic rings. The van der Waals surface area contributed by atoms with Gasteiger partial charge in [0.1, 0.15) is 0 Å². The van der Waals surface area contributed by atoms with Crippen LogP contribution in [-0.4, -0.2) is 16.9 Å². The van der Waals surface area contributed by atoms with Crippen LogP contribution in [0.1, 0.15) is 0 Å². The van der Waals surface area contributed by atoms with Crippen LogP contribution in [0, 0.1) is 0 Å². The zero-order valence-corrected chi connectivity index (χ0v) is 15.6. The molecule has 0 saturated heterocycles. The third-order valence-corrected chi connectivity index (χ3v) is 7.76. The molecular formula is C19H23Si2. The van der Waals surface area contributed by atoms with Gasteiger partial charge in [-0.3, -0.25) is 0 Å². The summed E-state index contributed by atoms with van der Waals surface area (Å²) in [7, 11) is -1.92. The van der Waals surface area contributed by atoms with Crippen LogP contribution in [0.4, 0.5) is 0 Å². The predicted molar refractivity (Wildman–Crippen MR) is 102 cm³/mol. The van der Waals surface area contributed by atoms with Gasteiger partial charge in [-0.2, -0.15) is 0 Å². The molecule has 0 bridgehead atoms. The summed E-state index contributed by atoms with van der Waals surface area (Å²) in [5.41, 5.74) is 0. The van der Waals surface area contributed by atoms with E-state index in [1.807, 2.05) is 0 Å². The monoisotopic (exact) mass is 307 g/mol. The van der Waals surface area contributed by atoms with Crippen LogP contribution in [0.5, 0.6) is 0 Å². The first-order chi connectivity index (χ1) is 9.91. The van der Waals surface area contributed by atoms with Crippen molar-refractivity contribution < 1.29 is 0 Å². The maximum absolute atomic E-state index is 2.46. The third kappa shape index (κ3) is 2.36. The third-order valence-electron chi connectivity index (χ3n) is 4.18. The van der Waals surface area contributed by atoms with Gasteiger partial charge in [0.25, 0.3) is 0 Å². The van der Waals surface area contributed by atoms with Gasteiger partial charge in [0.05, 0.1) is 16.9 Å². The van der Waals surface area contributed by atoms with Crippen molar-refractivity contribution in [3.8, 4) is 0 Å². The first-order valence-corrected chi connectivity index (χ1v) is 13.7. The lowest BCUT2D eigenvalue weighted by Crippen LogP contribution is -2.41. The Balaban J connectivity index is 2.64. The average Bonchev–Trinajstić information content (AvgIpc) is 2.42. The highest BCUT2D eigenvalue weighted by molar-refractivity contribution is 6.93. The van der Waals surface area contributed by atoms with E-state index >= 15 is 0 Å². The van der Waals surface area contributed by atoms with Crippen molar-refractivity contribution in [2.24, 2.45) is 0 Å². The molecule has 0 aromatic heterocycles. The van der Waals surface area contributed by atoms with Gasteiger partial charge in [0.15, 0.2) is 0 Å². The maximum atomic E-state index is 2.46. The SMILES string of the molecule is C[Si](C)c1c2ccccc2c([Si](C)(C)C)c2ccccc12. The van der Waals surface area contributed by atoms with E-state index in [1.54, 1.807) is 10.4 Å². The predicted octanol–water partition coefficient (Wildman–Crippen LogP) is 4.50. The number of fused-ring (bicyclic) bond motifs is 2. The Hall–Kier alpha value is -1.39. The van der Waals surface area contributed by atoms with Crippen molar-refractivity contribution >= 4 is 48.8 Å². The quantitative estimate of drug-likeness (QED) is 0.483. The minimum Gasteiger partial charge on any atom is -0.0670 e. The molecule has 0 amide bonds. The van der Waals surface area contributed by atoms with Crippen LogP contribution in [-0.2, 0) is 0 Å². The van der Waals surface area contributed by atoms with Crippen molar-refractivity contribution in [3.05, 3.63) is 48.5 Å². The summed E-state index contributed by atoms with van der Waals surface area (Å²) in [6.45, 7) is 12.2. The van der Waals surface area contributed by atoms with Crippen molar-refractivity contribution in [2.45, 2.75) is 32.7 Å². The van der Waals surface area contributed by atoms with Gasteiger partial charge in [-0.1, -0.05) is 81.3 Å². The molecule has 3 aromatic carbocycles. The second-order valence-corrected chi connectivity index (χ2v) is 14.6. The highest BCUT2D eigenvalue weighted by atomic mass is 28.3. The van der Waals surface area contributed by atoms with E-state index < -0.39 is 16.9 Å². The molecule has 1 radical (unpaired) electrons. The van der Waals surface area contributed by atoms with E-state index in [0.717, 1.165) is 0 Å². The minimum atomic E-state index is -1.41. The molecule has 0 aliphatic carbocycles. The highest BCUT2D eigenvalue weighted by Crippen LogP contribution is 2.23. The summed E-state index contributed by atoms with van der Waals surface area (Å²) in [6.07, 6.45) is 0. The number of rotatable bonds is 2. The zero-order valence-electron chi connectivity index (χ0n) is 13.6. The lowest BCUT2D eigenvalue weighted by atomic mass is 10.0. The normalized spacial score (nSPS) is 12.5. The smallest absolute Gasteiger partial charge is 0.0670 e. The number of benzene rings is 3. The van der Waals surface area contributed by atoms with Crippen molar-refractivity contribution in [1.29, 1.82) is 0 Å². The Bertz CT molecular complexity index is 754. The van der Waals surface area contributed by atoms with E-state index in [2.05, 4.69) is 81.3 Å². The van der Waals surface area contributed by atoms with Gasteiger partial charge >= 0.3 is 0 Å². The van der Waals surface area contributed by atoms with Gasteiger partial charge in [0, 0.05) is 0 Å². The Morgan fingerprint density at radius 2 is 1.05 bits per heavy atom. The van der Waals surface area contributed by atoms with E-state index in [1.165, 1.54) is 21.5 Å². The van der Waals surface area contributed by atoms with E-state index in [9.17, 15) is 0 Å². The Morgan fingerprint density at radius 3 is 1.38 bits per heavy atom. The van der Waals surface area contributed by atoms with Crippen LogP contribution >= 0.6 is 0 Å². The second kappa shape index (κ2) is 5.11. The molecule has 2 heteroatoms. The zero-order chi connectivity index (χ0) is 15.2. The standard InChI is InChI=1S/C19H23Si2/c1-20(2)18-14-10-6-8-12-16(14)19(21(3,4)5)17-13-9-7-11-15(17)18/h6-13H,1-5H3. The Morgan fingerprint density at radius 1 is 0.667 bits per heavy atom. The molecule has 0 heterocycles. The van der Waals surface area contributed by atoms with E-state index in [0.29, 0.717) is 0 Å². The molecule has 0 unspecified atom stereocenters. The van der Waals surface area contributed by atoms with E-state index in [4.69, 9.17) is 0 Å². The largest absolute Gasteiger partial charge is 0.0808 e. The molecule has 3 rings (SSSR count). The summed E-state index contributed by atoms with van der Waals surface area (Å²) in [6, 6.07) is 18.1. The van der Waals surface area contributed by atoms with Crippen LogP contribution in [0.15, 0.2) is 48.5 Å². The second-order valence-electron chi connectivity index (χ2n) is 7.09. The van der Waals surface area contributed by atoms with Crippen LogP contribution in [0.25, 0.3) is 21.5 Å². The lowest BCUT2D eigenvalue weighted by Gasteiger charge is -2.25. The molecule has 0 nitrogen and oxygen atoms in total. The van der Waals surface area contributed by atoms with Gasteiger partial charge in [-0.15, -0.1) is 0 Å². The van der Waals surface area contributed by atoms with Gasteiger partial charge in [-0.25, -0.2) is 0 Å². The fraction of sp³-hybridized carbons (Fsp3) is 0.263. The summed E-state index contributed by atoms with van der Waals surface area (Å²) in [4.78, 5) is 0. The first-order valence-electron chi connectivity index (χ1n) is 7.65. The van der Waals surface area contributed by atoms with E-state index in [-0.39, 0.29) is 0 Å². The highest BCUT2D eigenvalue weighted by Gasteiger charge is 2.24. The fourth-order valence-corrected chi connectivity index (χ4v) is 7.04. The number of hydrogen-bond acceptors (Lipinski definition) is 0. The number of hydrogen-bond donors (Lipinski definition) is 0. The van der Waals surface area contributed by atoms with Crippen molar-refractivity contribution in [3.63, 3.8) is 0 Å². The molecule has 107 valence electrons. The van der Waals surface area contributed by atoms with Gasteiger partial charge < -0.3 is 0 Å². The Kier molecular flexibility index (Phi) is 3.54. The molecule has 21 heavy (non-hydrogen) atoms. The Labute approximate surface area is 130 Å². The summed E-state index contributed by atoms with van der Waals surface area (Å²) in [5.74, 6) is 0. The summed E-state index contributed by atoms with van der Waals surface area (Å²) < 4.78 is 0. The topological polar surface area (TPSA) is 0 Å². The lowest BCUT2D eigenvalue weighted by molar-refractivity contribution is 1.73. The summed E-state index contributed by atoms with van der Waals surface area (Å²) in [5, 5.41) is 9.21. The molecule has 0 atom stereocenters. The molecule has 0 saturated carbocycles. The van der Waals surface area contributed by atoms with Crippen molar-refractivity contribution in [1.82, 2.24) is 0 Å². The average molecular weight is 308 g/mol. The van der Waals surface area contributed by atoms with Gasteiger partial charge in [-0.05, 0) is 31.9 Å².